The van der Waals surface area contributed by atoms with Crippen molar-refractivity contribution in [3.05, 3.63) is 58.9 Å². The zero-order valence-electron chi connectivity index (χ0n) is 14.1. The number of benzene rings is 2. The highest BCUT2D eigenvalue weighted by molar-refractivity contribution is 5.73. The van der Waals surface area contributed by atoms with Crippen LogP contribution in [0.1, 0.15) is 16.7 Å². The summed E-state index contributed by atoms with van der Waals surface area (Å²) in [4.78, 5) is 11.9. The maximum atomic E-state index is 13.2. The van der Waals surface area contributed by atoms with Gasteiger partial charge in [-0.25, -0.2) is 9.18 Å². The van der Waals surface area contributed by atoms with Gasteiger partial charge in [0.05, 0.1) is 0 Å². The topological polar surface area (TPSA) is 59.6 Å². The maximum Gasteiger partial charge on any atom is 0.315 e. The zero-order chi connectivity index (χ0) is 17.6. The van der Waals surface area contributed by atoms with Crippen LogP contribution < -0.4 is 20.1 Å². The Hall–Kier alpha value is -2.76. The Morgan fingerprint density at radius 3 is 2.60 bits per heavy atom. The molecule has 0 unspecified atom stereocenters. The number of fused-ring (bicyclic) bond motifs is 1. The third-order valence-electron chi connectivity index (χ3n) is 3.98. The predicted molar refractivity (Wildman–Crippen MR) is 92.5 cm³/mol. The van der Waals surface area contributed by atoms with Gasteiger partial charge in [-0.05, 0) is 48.2 Å². The molecule has 2 aromatic rings. The van der Waals surface area contributed by atoms with Crippen molar-refractivity contribution in [2.24, 2.45) is 0 Å². The molecule has 2 amide bonds. The molecule has 0 fully saturated rings. The van der Waals surface area contributed by atoms with Crippen molar-refractivity contribution >= 4 is 6.03 Å². The lowest BCUT2D eigenvalue weighted by molar-refractivity contribution is 0.171. The van der Waals surface area contributed by atoms with Crippen LogP contribution in [0.15, 0.2) is 36.4 Å². The average molecular weight is 344 g/mol. The van der Waals surface area contributed by atoms with E-state index in [1.165, 1.54) is 6.07 Å². The van der Waals surface area contributed by atoms with Crippen molar-refractivity contribution in [1.29, 1.82) is 0 Å². The Morgan fingerprint density at radius 1 is 1.04 bits per heavy atom. The Morgan fingerprint density at radius 2 is 1.80 bits per heavy atom. The van der Waals surface area contributed by atoms with Gasteiger partial charge in [0.2, 0.25) is 0 Å². The summed E-state index contributed by atoms with van der Waals surface area (Å²) in [5.74, 6) is 1.27. The molecule has 0 spiro atoms. The van der Waals surface area contributed by atoms with Crippen LogP contribution in [0.4, 0.5) is 9.18 Å². The van der Waals surface area contributed by atoms with Crippen LogP contribution in [0, 0.1) is 12.7 Å². The molecule has 3 rings (SSSR count). The van der Waals surface area contributed by atoms with Crippen LogP contribution in [0.25, 0.3) is 0 Å². The van der Waals surface area contributed by atoms with E-state index in [2.05, 4.69) is 10.6 Å². The third kappa shape index (κ3) is 4.62. The molecule has 5 nitrogen and oxygen atoms in total. The SMILES string of the molecule is Cc1cc(CNC(=O)NCCc2ccc3c(c2)OCCO3)ccc1F. The monoisotopic (exact) mass is 344 g/mol. The van der Waals surface area contributed by atoms with E-state index in [-0.39, 0.29) is 11.8 Å². The lowest BCUT2D eigenvalue weighted by Crippen LogP contribution is -2.36. The number of aryl methyl sites for hydroxylation is 1. The molecule has 0 aliphatic carbocycles. The van der Waals surface area contributed by atoms with Gasteiger partial charge < -0.3 is 20.1 Å². The molecule has 0 radical (unpaired) electrons. The number of hydrogen-bond donors (Lipinski definition) is 2. The molecule has 0 aromatic heterocycles. The summed E-state index contributed by atoms with van der Waals surface area (Å²) in [5.41, 5.74) is 2.50. The van der Waals surface area contributed by atoms with Crippen molar-refractivity contribution < 1.29 is 18.7 Å². The fourth-order valence-corrected chi connectivity index (χ4v) is 2.63. The lowest BCUT2D eigenvalue weighted by atomic mass is 10.1. The molecular weight excluding hydrogens is 323 g/mol. The van der Waals surface area contributed by atoms with Gasteiger partial charge in [-0.1, -0.05) is 18.2 Å². The molecule has 2 N–H and O–H groups in total. The van der Waals surface area contributed by atoms with Gasteiger partial charge in [0.1, 0.15) is 19.0 Å². The molecule has 1 heterocycles. The number of amides is 2. The summed E-state index contributed by atoms with van der Waals surface area (Å²) in [5, 5.41) is 5.58. The fourth-order valence-electron chi connectivity index (χ4n) is 2.63. The normalized spacial score (nSPS) is 12.6. The van der Waals surface area contributed by atoms with Gasteiger partial charge in [-0.2, -0.15) is 0 Å². The van der Waals surface area contributed by atoms with Crippen molar-refractivity contribution in [2.45, 2.75) is 19.9 Å². The first-order chi connectivity index (χ1) is 12.1. The minimum Gasteiger partial charge on any atom is -0.486 e. The van der Waals surface area contributed by atoms with E-state index in [0.717, 1.165) is 22.6 Å². The standard InChI is InChI=1S/C19H21FN2O3/c1-13-10-15(2-4-16(13)20)12-22-19(23)21-7-6-14-3-5-17-18(11-14)25-9-8-24-17/h2-5,10-11H,6-9,12H2,1H3,(H2,21,22,23). The molecule has 0 atom stereocenters. The average Bonchev–Trinajstić information content (AvgIpc) is 2.62. The van der Waals surface area contributed by atoms with E-state index in [9.17, 15) is 9.18 Å². The third-order valence-corrected chi connectivity index (χ3v) is 3.98. The number of carbonyl (C=O) groups excluding carboxylic acids is 1. The number of ether oxygens (including phenoxy) is 2. The zero-order valence-corrected chi connectivity index (χ0v) is 14.1. The van der Waals surface area contributed by atoms with E-state index < -0.39 is 0 Å². The summed E-state index contributed by atoms with van der Waals surface area (Å²) in [7, 11) is 0. The molecule has 0 saturated carbocycles. The largest absolute Gasteiger partial charge is 0.486 e. The summed E-state index contributed by atoms with van der Waals surface area (Å²) in [6.07, 6.45) is 0.694. The van der Waals surface area contributed by atoms with E-state index >= 15 is 0 Å². The number of hydrogen-bond acceptors (Lipinski definition) is 3. The second kappa shape index (κ2) is 7.88. The molecule has 25 heavy (non-hydrogen) atoms. The highest BCUT2D eigenvalue weighted by atomic mass is 19.1. The number of rotatable bonds is 5. The van der Waals surface area contributed by atoms with E-state index in [1.54, 1.807) is 19.1 Å². The highest BCUT2D eigenvalue weighted by Crippen LogP contribution is 2.30. The van der Waals surface area contributed by atoms with Crippen molar-refractivity contribution in [2.75, 3.05) is 19.8 Å². The fraction of sp³-hybridized carbons (Fsp3) is 0.316. The first-order valence-corrected chi connectivity index (χ1v) is 8.27. The lowest BCUT2D eigenvalue weighted by Gasteiger charge is -2.18. The Kier molecular flexibility index (Phi) is 5.38. The minimum absolute atomic E-state index is 0.243. The van der Waals surface area contributed by atoms with Crippen molar-refractivity contribution in [1.82, 2.24) is 10.6 Å². The van der Waals surface area contributed by atoms with E-state index in [0.29, 0.717) is 38.3 Å². The molecule has 1 aliphatic heterocycles. The van der Waals surface area contributed by atoms with Gasteiger partial charge in [0.25, 0.3) is 0 Å². The van der Waals surface area contributed by atoms with Gasteiger partial charge in [-0.3, -0.25) is 0 Å². The van der Waals surface area contributed by atoms with Crippen LogP contribution >= 0.6 is 0 Å². The van der Waals surface area contributed by atoms with Crippen LogP contribution in [-0.2, 0) is 13.0 Å². The molecule has 132 valence electrons. The smallest absolute Gasteiger partial charge is 0.315 e. The van der Waals surface area contributed by atoms with Crippen molar-refractivity contribution in [3.8, 4) is 11.5 Å². The molecule has 0 saturated heterocycles. The number of halogens is 1. The summed E-state index contributed by atoms with van der Waals surface area (Å²) < 4.78 is 24.2. The quantitative estimate of drug-likeness (QED) is 0.877. The molecular formula is C19H21FN2O3. The van der Waals surface area contributed by atoms with E-state index in [1.807, 2.05) is 18.2 Å². The predicted octanol–water partition coefficient (Wildman–Crippen LogP) is 2.95. The minimum atomic E-state index is -0.250. The first kappa shape index (κ1) is 17.1. The highest BCUT2D eigenvalue weighted by Gasteiger charge is 2.11. The second-order valence-corrected chi connectivity index (χ2v) is 5.92. The first-order valence-electron chi connectivity index (χ1n) is 8.27. The van der Waals surface area contributed by atoms with Crippen LogP contribution in [0.3, 0.4) is 0 Å². The molecule has 6 heteroatoms. The molecule has 0 bridgehead atoms. The Bertz CT molecular complexity index is 764. The van der Waals surface area contributed by atoms with Gasteiger partial charge in [0, 0.05) is 13.1 Å². The maximum absolute atomic E-state index is 13.2. The van der Waals surface area contributed by atoms with Gasteiger partial charge >= 0.3 is 6.03 Å². The second-order valence-electron chi connectivity index (χ2n) is 5.92. The van der Waals surface area contributed by atoms with Crippen molar-refractivity contribution in [3.63, 3.8) is 0 Å². The number of urea groups is 1. The summed E-state index contributed by atoms with van der Waals surface area (Å²) in [6, 6.07) is 10.3. The van der Waals surface area contributed by atoms with Gasteiger partial charge in [-0.15, -0.1) is 0 Å². The number of carbonyl (C=O) groups is 1. The summed E-state index contributed by atoms with van der Waals surface area (Å²) in [6.45, 7) is 3.69. The summed E-state index contributed by atoms with van der Waals surface area (Å²) >= 11 is 0. The number of nitrogens with one attached hydrogen (secondary N) is 2. The molecule has 1 aliphatic rings. The van der Waals surface area contributed by atoms with E-state index in [4.69, 9.17) is 9.47 Å². The van der Waals surface area contributed by atoms with Crippen LogP contribution in [0.5, 0.6) is 11.5 Å². The molecule has 2 aromatic carbocycles. The Balaban J connectivity index is 1.42. The van der Waals surface area contributed by atoms with Crippen LogP contribution in [-0.4, -0.2) is 25.8 Å². The Labute approximate surface area is 146 Å². The van der Waals surface area contributed by atoms with Gasteiger partial charge in [0.15, 0.2) is 11.5 Å². The van der Waals surface area contributed by atoms with Crippen LogP contribution in [0.2, 0.25) is 0 Å².